The van der Waals surface area contributed by atoms with Gasteiger partial charge in [-0.05, 0) is 57.0 Å². The summed E-state index contributed by atoms with van der Waals surface area (Å²) in [6.07, 6.45) is 1.74. The van der Waals surface area contributed by atoms with Crippen molar-refractivity contribution in [3.8, 4) is 0 Å². The van der Waals surface area contributed by atoms with E-state index in [2.05, 4.69) is 12.2 Å². The van der Waals surface area contributed by atoms with Crippen molar-refractivity contribution in [2.45, 2.75) is 38.5 Å². The first-order chi connectivity index (χ1) is 8.47. The molecule has 0 radical (unpaired) electrons. The molecule has 102 valence electrons. The molecular weight excluding hydrogens is 246 g/mol. The quantitative estimate of drug-likeness (QED) is 0.773. The van der Waals surface area contributed by atoms with Crippen molar-refractivity contribution < 1.29 is 8.42 Å². The molecule has 4 heteroatoms. The van der Waals surface area contributed by atoms with Gasteiger partial charge >= 0.3 is 0 Å². The van der Waals surface area contributed by atoms with Gasteiger partial charge in [-0.1, -0.05) is 19.1 Å². The molecule has 0 amide bonds. The van der Waals surface area contributed by atoms with Gasteiger partial charge in [0, 0.05) is 0 Å². The number of rotatable bonds is 7. The van der Waals surface area contributed by atoms with E-state index in [0.29, 0.717) is 11.3 Å². The first-order valence-electron chi connectivity index (χ1n) is 6.48. The van der Waals surface area contributed by atoms with Gasteiger partial charge in [-0.3, -0.25) is 0 Å². The Morgan fingerprint density at radius 3 is 2.56 bits per heavy atom. The van der Waals surface area contributed by atoms with Gasteiger partial charge in [0.2, 0.25) is 0 Å². The summed E-state index contributed by atoms with van der Waals surface area (Å²) in [4.78, 5) is 0.484. The van der Waals surface area contributed by atoms with Gasteiger partial charge in [-0.25, -0.2) is 8.42 Å². The maximum absolute atomic E-state index is 12.2. The number of hydrogen-bond donors (Lipinski definition) is 1. The lowest BCUT2D eigenvalue weighted by molar-refractivity contribution is 0.587. The number of nitrogens with one attached hydrogen (secondary N) is 1. The van der Waals surface area contributed by atoms with E-state index >= 15 is 0 Å². The summed E-state index contributed by atoms with van der Waals surface area (Å²) in [5, 5.41) is 3.22. The smallest absolute Gasteiger partial charge is 0.178 e. The molecule has 0 unspecified atom stereocenters. The van der Waals surface area contributed by atoms with E-state index in [1.165, 1.54) is 0 Å². The third-order valence-corrected chi connectivity index (χ3v) is 4.81. The highest BCUT2D eigenvalue weighted by atomic mass is 32.2. The van der Waals surface area contributed by atoms with E-state index in [4.69, 9.17) is 0 Å². The summed E-state index contributed by atoms with van der Waals surface area (Å²) in [6, 6.07) is 5.58. The van der Waals surface area contributed by atoms with Crippen LogP contribution >= 0.6 is 0 Å². The molecule has 0 aliphatic rings. The van der Waals surface area contributed by atoms with Gasteiger partial charge in [0.15, 0.2) is 9.84 Å². The Bertz CT molecular complexity index is 481. The molecule has 3 nitrogen and oxygen atoms in total. The lowest BCUT2D eigenvalue weighted by atomic mass is 10.2. The van der Waals surface area contributed by atoms with Crippen LogP contribution in [-0.2, 0) is 9.84 Å². The van der Waals surface area contributed by atoms with E-state index in [1.807, 2.05) is 26.0 Å². The van der Waals surface area contributed by atoms with Crippen LogP contribution in [0.3, 0.4) is 0 Å². The van der Waals surface area contributed by atoms with Crippen LogP contribution in [0, 0.1) is 13.8 Å². The summed E-state index contributed by atoms with van der Waals surface area (Å²) < 4.78 is 24.4. The standard InChI is InChI=1S/C14H23NO2S/c1-4-8-15-9-5-10-18(16,17)14-11-12(2)6-7-13(14)3/h6-7,11,15H,4-5,8-10H2,1-3H3. The van der Waals surface area contributed by atoms with Crippen LogP contribution in [0.25, 0.3) is 0 Å². The average molecular weight is 269 g/mol. The normalized spacial score (nSPS) is 11.7. The van der Waals surface area contributed by atoms with Gasteiger partial charge in [0.25, 0.3) is 0 Å². The Labute approximate surface area is 111 Å². The van der Waals surface area contributed by atoms with Gasteiger partial charge in [-0.15, -0.1) is 0 Å². The minimum Gasteiger partial charge on any atom is -0.317 e. The lowest BCUT2D eigenvalue weighted by Gasteiger charge is -2.09. The molecular formula is C14H23NO2S. The van der Waals surface area contributed by atoms with Crippen molar-refractivity contribution in [1.82, 2.24) is 5.32 Å². The zero-order chi connectivity index (χ0) is 13.6. The predicted molar refractivity (Wildman–Crippen MR) is 75.7 cm³/mol. The second kappa shape index (κ2) is 6.90. The van der Waals surface area contributed by atoms with E-state index in [0.717, 1.165) is 30.6 Å². The fourth-order valence-corrected chi connectivity index (χ4v) is 3.51. The van der Waals surface area contributed by atoms with Crippen LogP contribution in [0.2, 0.25) is 0 Å². The highest BCUT2D eigenvalue weighted by molar-refractivity contribution is 7.91. The fourth-order valence-electron chi connectivity index (χ4n) is 1.84. The molecule has 0 atom stereocenters. The summed E-state index contributed by atoms with van der Waals surface area (Å²) in [6.45, 7) is 7.57. The molecule has 0 aliphatic heterocycles. The van der Waals surface area contributed by atoms with Crippen LogP contribution < -0.4 is 5.32 Å². The molecule has 1 N–H and O–H groups in total. The van der Waals surface area contributed by atoms with Crippen molar-refractivity contribution in [3.05, 3.63) is 29.3 Å². The molecule has 0 spiro atoms. The first kappa shape index (κ1) is 15.2. The molecule has 0 saturated carbocycles. The molecule has 0 aliphatic carbocycles. The molecule has 1 aromatic carbocycles. The largest absolute Gasteiger partial charge is 0.317 e. The molecule has 1 aromatic rings. The van der Waals surface area contributed by atoms with Crippen LogP contribution in [0.1, 0.15) is 30.9 Å². The van der Waals surface area contributed by atoms with E-state index < -0.39 is 9.84 Å². The van der Waals surface area contributed by atoms with Gasteiger partial charge in [0.05, 0.1) is 10.6 Å². The fraction of sp³-hybridized carbons (Fsp3) is 0.571. The number of hydrogen-bond acceptors (Lipinski definition) is 3. The molecule has 0 bridgehead atoms. The third-order valence-electron chi connectivity index (χ3n) is 2.87. The maximum Gasteiger partial charge on any atom is 0.178 e. The second-order valence-electron chi connectivity index (χ2n) is 4.69. The molecule has 0 saturated heterocycles. The van der Waals surface area contributed by atoms with E-state index in [1.54, 1.807) is 6.07 Å². The van der Waals surface area contributed by atoms with Crippen molar-refractivity contribution in [2.24, 2.45) is 0 Å². The summed E-state index contributed by atoms with van der Waals surface area (Å²) in [5.74, 6) is 0.216. The van der Waals surface area contributed by atoms with Crippen molar-refractivity contribution in [2.75, 3.05) is 18.8 Å². The maximum atomic E-state index is 12.2. The van der Waals surface area contributed by atoms with E-state index in [-0.39, 0.29) is 5.75 Å². The van der Waals surface area contributed by atoms with Gasteiger partial charge < -0.3 is 5.32 Å². The highest BCUT2D eigenvalue weighted by Gasteiger charge is 2.16. The van der Waals surface area contributed by atoms with Crippen LogP contribution in [0.15, 0.2) is 23.1 Å². The third kappa shape index (κ3) is 4.42. The van der Waals surface area contributed by atoms with Crippen LogP contribution in [0.5, 0.6) is 0 Å². The van der Waals surface area contributed by atoms with Crippen LogP contribution in [0.4, 0.5) is 0 Å². The SMILES string of the molecule is CCCNCCCS(=O)(=O)c1cc(C)ccc1C. The zero-order valence-corrected chi connectivity index (χ0v) is 12.3. The molecule has 1 rings (SSSR count). The predicted octanol–water partition coefficient (Wildman–Crippen LogP) is 2.47. The number of benzene rings is 1. The zero-order valence-electron chi connectivity index (χ0n) is 11.5. The lowest BCUT2D eigenvalue weighted by Crippen LogP contribution is -2.19. The molecule has 0 heterocycles. The van der Waals surface area contributed by atoms with Crippen molar-refractivity contribution >= 4 is 9.84 Å². The van der Waals surface area contributed by atoms with Crippen molar-refractivity contribution in [3.63, 3.8) is 0 Å². The minimum absolute atomic E-state index is 0.216. The Balaban J connectivity index is 2.66. The highest BCUT2D eigenvalue weighted by Crippen LogP contribution is 2.18. The van der Waals surface area contributed by atoms with Crippen molar-refractivity contribution in [1.29, 1.82) is 0 Å². The topological polar surface area (TPSA) is 46.2 Å². The van der Waals surface area contributed by atoms with Crippen LogP contribution in [-0.4, -0.2) is 27.3 Å². The van der Waals surface area contributed by atoms with E-state index in [9.17, 15) is 8.42 Å². The monoisotopic (exact) mass is 269 g/mol. The Morgan fingerprint density at radius 2 is 1.89 bits per heavy atom. The Morgan fingerprint density at radius 1 is 1.17 bits per heavy atom. The minimum atomic E-state index is -3.14. The number of sulfone groups is 1. The Kier molecular flexibility index (Phi) is 5.82. The second-order valence-corrected chi connectivity index (χ2v) is 6.77. The first-order valence-corrected chi connectivity index (χ1v) is 8.13. The Hall–Kier alpha value is -0.870. The average Bonchev–Trinajstić information content (AvgIpc) is 2.32. The number of aryl methyl sites for hydroxylation is 2. The molecule has 18 heavy (non-hydrogen) atoms. The summed E-state index contributed by atoms with van der Waals surface area (Å²) >= 11 is 0. The van der Waals surface area contributed by atoms with Gasteiger partial charge in [-0.2, -0.15) is 0 Å². The summed E-state index contributed by atoms with van der Waals surface area (Å²) in [5.41, 5.74) is 1.82. The van der Waals surface area contributed by atoms with Gasteiger partial charge in [0.1, 0.15) is 0 Å². The molecule has 0 aromatic heterocycles. The molecule has 0 fully saturated rings. The summed E-state index contributed by atoms with van der Waals surface area (Å²) in [7, 11) is -3.14.